The molecule has 0 saturated carbocycles. The number of rotatable bonds is 6. The van der Waals surface area contributed by atoms with E-state index in [9.17, 15) is 13.2 Å². The number of carbonyl (C=O) groups is 1. The van der Waals surface area contributed by atoms with E-state index >= 15 is 0 Å². The third kappa shape index (κ3) is 4.56. The fraction of sp³-hybridized carbons (Fsp3) is 0.400. The van der Waals surface area contributed by atoms with Crippen LogP contribution in [-0.2, 0) is 14.6 Å². The Labute approximate surface area is 150 Å². The molecule has 136 valence electrons. The van der Waals surface area contributed by atoms with Crippen molar-refractivity contribution in [3.8, 4) is 0 Å². The smallest absolute Gasteiger partial charge is 0.336 e. The molecule has 1 amide bonds. The molecule has 0 unspecified atom stereocenters. The minimum Gasteiger partial charge on any atom is -0.411 e. The molecule has 3 N–H and O–H groups in total. The molecule has 0 bridgehead atoms. The average molecular weight is 387 g/mol. The first-order valence-corrected chi connectivity index (χ1v) is 9.51. The number of aromatic nitrogens is 2. The second-order valence-electron chi connectivity index (χ2n) is 5.90. The van der Waals surface area contributed by atoms with E-state index in [0.29, 0.717) is 16.3 Å². The van der Waals surface area contributed by atoms with Crippen molar-refractivity contribution in [3.63, 3.8) is 0 Å². The quantitative estimate of drug-likeness (QED) is 0.777. The van der Waals surface area contributed by atoms with E-state index in [0.717, 1.165) is 0 Å². The zero-order valence-corrected chi connectivity index (χ0v) is 15.6. The van der Waals surface area contributed by atoms with Crippen LogP contribution < -0.4 is 11.1 Å². The Hall–Kier alpha value is -1.97. The fourth-order valence-electron chi connectivity index (χ4n) is 1.93. The molecule has 0 aliphatic carbocycles. The third-order valence-corrected chi connectivity index (χ3v) is 5.30. The van der Waals surface area contributed by atoms with Gasteiger partial charge < -0.3 is 15.5 Å². The number of halogens is 1. The molecule has 8 nitrogen and oxygen atoms in total. The van der Waals surface area contributed by atoms with Gasteiger partial charge in [0.25, 0.3) is 0 Å². The zero-order valence-electron chi connectivity index (χ0n) is 14.0. The van der Waals surface area contributed by atoms with Crippen LogP contribution in [-0.4, -0.2) is 30.3 Å². The second-order valence-corrected chi connectivity index (χ2v) is 8.17. The van der Waals surface area contributed by atoms with Crippen molar-refractivity contribution in [3.05, 3.63) is 34.7 Å². The molecular weight excluding hydrogens is 368 g/mol. The lowest BCUT2D eigenvalue weighted by atomic mass is 10.1. The molecule has 0 spiro atoms. The Balaban J connectivity index is 2.13. The van der Waals surface area contributed by atoms with E-state index in [1.54, 1.807) is 25.1 Å². The van der Waals surface area contributed by atoms with Crippen LogP contribution in [0.15, 0.2) is 27.8 Å². The third-order valence-electron chi connectivity index (χ3n) is 3.55. The summed E-state index contributed by atoms with van der Waals surface area (Å²) in [7, 11) is -4.08. The first kappa shape index (κ1) is 19.4. The van der Waals surface area contributed by atoms with Crippen LogP contribution in [0.4, 0.5) is 5.69 Å². The molecule has 25 heavy (non-hydrogen) atoms. The predicted molar refractivity (Wildman–Crippen MR) is 92.9 cm³/mol. The number of amides is 1. The molecular formula is C15H19ClN4O4S. The number of nitrogens with zero attached hydrogens (tertiary/aromatic N) is 2. The maximum Gasteiger partial charge on any atom is 0.336 e. The minimum absolute atomic E-state index is 0.00916. The van der Waals surface area contributed by atoms with Gasteiger partial charge in [-0.3, -0.25) is 4.79 Å². The lowest BCUT2D eigenvalue weighted by molar-refractivity contribution is -0.113. The van der Waals surface area contributed by atoms with Gasteiger partial charge in [-0.1, -0.05) is 36.6 Å². The highest BCUT2D eigenvalue weighted by Gasteiger charge is 2.28. The van der Waals surface area contributed by atoms with E-state index in [-0.39, 0.29) is 11.8 Å². The first-order chi connectivity index (χ1) is 11.6. The van der Waals surface area contributed by atoms with Crippen molar-refractivity contribution in [1.29, 1.82) is 0 Å². The Morgan fingerprint density at radius 3 is 2.68 bits per heavy atom. The van der Waals surface area contributed by atoms with Gasteiger partial charge in [-0.2, -0.15) is 0 Å². The molecule has 1 aromatic heterocycles. The normalized spacial score (nSPS) is 13.0. The second kappa shape index (κ2) is 7.51. The van der Waals surface area contributed by atoms with E-state index in [1.807, 2.05) is 13.8 Å². The van der Waals surface area contributed by atoms with Crippen LogP contribution in [0.5, 0.6) is 0 Å². The molecule has 0 radical (unpaired) electrons. The van der Waals surface area contributed by atoms with Crippen molar-refractivity contribution in [2.45, 2.75) is 32.0 Å². The molecule has 0 fully saturated rings. The van der Waals surface area contributed by atoms with Crippen LogP contribution >= 0.6 is 11.6 Å². The van der Waals surface area contributed by atoms with Crippen molar-refractivity contribution >= 4 is 33.0 Å². The van der Waals surface area contributed by atoms with Crippen LogP contribution in [0.25, 0.3) is 0 Å². The molecule has 1 heterocycles. The monoisotopic (exact) mass is 386 g/mol. The Kier molecular flexibility index (Phi) is 5.81. The number of benzene rings is 1. The lowest BCUT2D eigenvalue weighted by Gasteiger charge is -2.10. The number of hydrogen-bond donors (Lipinski definition) is 2. The number of anilines is 1. The topological polar surface area (TPSA) is 128 Å². The maximum atomic E-state index is 12.3. The Morgan fingerprint density at radius 2 is 2.04 bits per heavy atom. The van der Waals surface area contributed by atoms with Crippen LogP contribution in [0.2, 0.25) is 5.02 Å². The number of carbonyl (C=O) groups excluding carboxylic acids is 1. The number of nitrogens with two attached hydrogens (primary N) is 1. The van der Waals surface area contributed by atoms with E-state index in [2.05, 4.69) is 15.5 Å². The molecule has 0 aliphatic heterocycles. The van der Waals surface area contributed by atoms with Crippen molar-refractivity contribution in [1.82, 2.24) is 10.2 Å². The van der Waals surface area contributed by atoms with Gasteiger partial charge >= 0.3 is 5.22 Å². The van der Waals surface area contributed by atoms with Crippen molar-refractivity contribution in [2.75, 3.05) is 11.1 Å². The molecule has 1 aromatic carbocycles. The van der Waals surface area contributed by atoms with Crippen LogP contribution in [0, 0.1) is 12.8 Å². The number of sulfone groups is 1. The summed E-state index contributed by atoms with van der Waals surface area (Å²) >= 11 is 5.97. The summed E-state index contributed by atoms with van der Waals surface area (Å²) in [5, 5.41) is 9.49. The number of nitrogens with one attached hydrogen (secondary N) is 1. The van der Waals surface area contributed by atoms with Crippen LogP contribution in [0.3, 0.4) is 0 Å². The largest absolute Gasteiger partial charge is 0.411 e. The highest BCUT2D eigenvalue weighted by molar-refractivity contribution is 7.91. The minimum atomic E-state index is -4.08. The summed E-state index contributed by atoms with van der Waals surface area (Å²) in [5.74, 6) is -1.57. The van der Waals surface area contributed by atoms with Crippen molar-refractivity contribution < 1.29 is 17.6 Å². The average Bonchev–Trinajstić information content (AvgIpc) is 3.01. The van der Waals surface area contributed by atoms with Gasteiger partial charge in [0.2, 0.25) is 21.6 Å². The first-order valence-electron chi connectivity index (χ1n) is 7.48. The number of hydrogen-bond acceptors (Lipinski definition) is 7. The Morgan fingerprint density at radius 1 is 1.36 bits per heavy atom. The van der Waals surface area contributed by atoms with Gasteiger partial charge in [0.05, 0.1) is 6.04 Å². The fourth-order valence-corrected chi connectivity index (χ4v) is 3.02. The highest BCUT2D eigenvalue weighted by Crippen LogP contribution is 2.23. The van der Waals surface area contributed by atoms with Crippen LogP contribution in [0.1, 0.15) is 31.3 Å². The standard InChI is InChI=1S/C15H19ClN4O4S/c1-8(2)13(17)14-19-20-15(24-14)25(22,23)7-12(21)18-11-6-4-5-10(16)9(11)3/h4-6,8,13H,7,17H2,1-3H3,(H,18,21)/t13-/m0/s1. The zero-order chi connectivity index (χ0) is 18.8. The van der Waals surface area contributed by atoms with Gasteiger partial charge in [0.1, 0.15) is 5.75 Å². The highest BCUT2D eigenvalue weighted by atomic mass is 35.5. The summed E-state index contributed by atoms with van der Waals surface area (Å²) < 4.78 is 29.7. The maximum absolute atomic E-state index is 12.3. The van der Waals surface area contributed by atoms with Gasteiger partial charge in [0, 0.05) is 10.7 Å². The molecule has 2 rings (SSSR count). The summed E-state index contributed by atoms with van der Waals surface area (Å²) in [5.41, 5.74) is 6.91. The lowest BCUT2D eigenvalue weighted by Crippen LogP contribution is -2.23. The van der Waals surface area contributed by atoms with Gasteiger partial charge in [0.15, 0.2) is 0 Å². The summed E-state index contributed by atoms with van der Waals surface area (Å²) in [4.78, 5) is 12.1. The molecule has 0 aliphatic rings. The van der Waals surface area contributed by atoms with E-state index in [4.69, 9.17) is 21.8 Å². The SMILES string of the molecule is Cc1c(Cl)cccc1NC(=O)CS(=O)(=O)c1nnc([C@@H](N)C(C)C)o1. The Bertz CT molecular complexity index is 879. The molecule has 0 saturated heterocycles. The van der Waals surface area contributed by atoms with Crippen molar-refractivity contribution in [2.24, 2.45) is 11.7 Å². The van der Waals surface area contributed by atoms with Gasteiger partial charge in [-0.25, -0.2) is 8.42 Å². The predicted octanol–water partition coefficient (Wildman–Crippen LogP) is 2.10. The molecule has 2 aromatic rings. The molecule has 10 heteroatoms. The van der Waals surface area contributed by atoms with E-state index in [1.165, 1.54) is 0 Å². The van der Waals surface area contributed by atoms with Gasteiger partial charge in [-0.15, -0.1) is 5.10 Å². The summed E-state index contributed by atoms with van der Waals surface area (Å²) in [6.45, 7) is 5.39. The van der Waals surface area contributed by atoms with E-state index < -0.39 is 32.8 Å². The van der Waals surface area contributed by atoms with Gasteiger partial charge in [-0.05, 0) is 30.5 Å². The molecule has 1 atom stereocenters. The summed E-state index contributed by atoms with van der Waals surface area (Å²) in [6.07, 6.45) is 0. The summed E-state index contributed by atoms with van der Waals surface area (Å²) in [6, 6.07) is 4.36.